The first-order valence-corrected chi connectivity index (χ1v) is 7.58. The van der Waals surface area contributed by atoms with Crippen LogP contribution in [-0.2, 0) is 0 Å². The van der Waals surface area contributed by atoms with E-state index in [2.05, 4.69) is 15.3 Å². The fraction of sp³-hybridized carbons (Fsp3) is 0. The van der Waals surface area contributed by atoms with Crippen LogP contribution in [0, 0.1) is 5.82 Å². The Balaban J connectivity index is 1.74. The predicted octanol–water partition coefficient (Wildman–Crippen LogP) is 5.43. The van der Waals surface area contributed by atoms with Crippen molar-refractivity contribution in [3.8, 4) is 11.1 Å². The number of fused-ring (bicyclic) bond motifs is 1. The van der Waals surface area contributed by atoms with Gasteiger partial charge in [0.1, 0.15) is 18.0 Å². The third kappa shape index (κ3) is 2.70. The van der Waals surface area contributed by atoms with Gasteiger partial charge >= 0.3 is 0 Å². The van der Waals surface area contributed by atoms with Crippen molar-refractivity contribution in [2.75, 3.05) is 5.32 Å². The van der Waals surface area contributed by atoms with E-state index in [1.165, 1.54) is 18.5 Å². The molecule has 118 valence electrons. The van der Waals surface area contributed by atoms with E-state index in [1.54, 1.807) is 18.6 Å². The molecule has 2 aromatic heterocycles. The Bertz CT molecular complexity index is 1020. The summed E-state index contributed by atoms with van der Waals surface area (Å²) < 4.78 is 18.4. The highest BCUT2D eigenvalue weighted by molar-refractivity contribution is 6.31. The molecule has 0 fully saturated rings. The molecule has 2 aromatic carbocycles. The summed E-state index contributed by atoms with van der Waals surface area (Å²) in [5.41, 5.74) is 3.43. The number of nitrogens with one attached hydrogen (secondary N) is 1. The first-order valence-electron chi connectivity index (χ1n) is 7.20. The lowest BCUT2D eigenvalue weighted by Crippen LogP contribution is -1.96. The Hall–Kier alpha value is -2.92. The van der Waals surface area contributed by atoms with Gasteiger partial charge in [0.15, 0.2) is 0 Å². The summed E-state index contributed by atoms with van der Waals surface area (Å²) in [4.78, 5) is 8.59. The maximum atomic E-state index is 13.3. The van der Waals surface area contributed by atoms with Gasteiger partial charge in [0.25, 0.3) is 0 Å². The highest BCUT2D eigenvalue weighted by atomic mass is 35.5. The van der Waals surface area contributed by atoms with Crippen LogP contribution >= 0.6 is 11.6 Å². The zero-order valence-corrected chi connectivity index (χ0v) is 13.1. The second kappa shape index (κ2) is 5.94. The second-order valence-corrected chi connectivity index (χ2v) is 5.63. The van der Waals surface area contributed by atoms with Crippen LogP contribution in [0.5, 0.6) is 0 Å². The normalized spacial score (nSPS) is 10.9. The molecular formula is C18H11ClFN3O. The van der Waals surface area contributed by atoms with Gasteiger partial charge in [-0.15, -0.1) is 0 Å². The van der Waals surface area contributed by atoms with Gasteiger partial charge in [-0.2, -0.15) is 0 Å². The van der Waals surface area contributed by atoms with Crippen LogP contribution in [0.4, 0.5) is 15.9 Å². The lowest BCUT2D eigenvalue weighted by atomic mass is 10.1. The van der Waals surface area contributed by atoms with Crippen LogP contribution in [0.1, 0.15) is 0 Å². The van der Waals surface area contributed by atoms with Crippen LogP contribution < -0.4 is 5.32 Å². The van der Waals surface area contributed by atoms with Gasteiger partial charge in [-0.3, -0.25) is 0 Å². The molecule has 6 heteroatoms. The van der Waals surface area contributed by atoms with Crippen molar-refractivity contribution in [2.24, 2.45) is 0 Å². The molecule has 0 aliphatic heterocycles. The van der Waals surface area contributed by atoms with Gasteiger partial charge in [-0.1, -0.05) is 17.7 Å². The van der Waals surface area contributed by atoms with E-state index in [1.807, 2.05) is 24.3 Å². The zero-order valence-electron chi connectivity index (χ0n) is 12.3. The molecule has 0 spiro atoms. The Morgan fingerprint density at radius 2 is 1.92 bits per heavy atom. The first kappa shape index (κ1) is 14.7. The Morgan fingerprint density at radius 1 is 1.00 bits per heavy atom. The maximum Gasteiger partial charge on any atom is 0.141 e. The van der Waals surface area contributed by atoms with Crippen LogP contribution in [0.2, 0.25) is 5.02 Å². The van der Waals surface area contributed by atoms with Gasteiger partial charge in [0.05, 0.1) is 23.1 Å². The number of hydrogen-bond acceptors (Lipinski definition) is 4. The third-order valence-corrected chi connectivity index (χ3v) is 3.96. The molecule has 0 saturated heterocycles. The standard InChI is InChI=1S/C18H11ClFN3O/c19-15-8-13(2-4-16(15)20)23-18-14-3-1-11(12-5-6-24-9-12)7-17(14)21-10-22-18/h1-10H,(H,21,22,23). The molecule has 0 saturated carbocycles. The summed E-state index contributed by atoms with van der Waals surface area (Å²) in [5.74, 6) is 0.168. The van der Waals surface area contributed by atoms with E-state index in [4.69, 9.17) is 16.0 Å². The summed E-state index contributed by atoms with van der Waals surface area (Å²) in [6.45, 7) is 0. The number of furan rings is 1. The van der Waals surface area contributed by atoms with E-state index in [0.717, 1.165) is 22.0 Å². The van der Waals surface area contributed by atoms with Crippen LogP contribution in [0.3, 0.4) is 0 Å². The molecule has 0 amide bonds. The van der Waals surface area contributed by atoms with Crippen molar-refractivity contribution in [3.05, 3.63) is 72.2 Å². The summed E-state index contributed by atoms with van der Waals surface area (Å²) in [5, 5.41) is 4.06. The molecule has 0 atom stereocenters. The van der Waals surface area contributed by atoms with E-state index in [0.29, 0.717) is 11.5 Å². The molecule has 0 aliphatic carbocycles. The lowest BCUT2D eigenvalue weighted by Gasteiger charge is -2.09. The fourth-order valence-electron chi connectivity index (χ4n) is 2.48. The van der Waals surface area contributed by atoms with Gasteiger partial charge in [0, 0.05) is 16.6 Å². The minimum atomic E-state index is -0.459. The van der Waals surface area contributed by atoms with Gasteiger partial charge < -0.3 is 9.73 Å². The fourth-order valence-corrected chi connectivity index (χ4v) is 2.66. The summed E-state index contributed by atoms with van der Waals surface area (Å²) >= 11 is 5.82. The first-order chi connectivity index (χ1) is 11.7. The monoisotopic (exact) mass is 339 g/mol. The van der Waals surface area contributed by atoms with E-state index >= 15 is 0 Å². The minimum absolute atomic E-state index is 0.0561. The lowest BCUT2D eigenvalue weighted by molar-refractivity contribution is 0.568. The molecule has 4 aromatic rings. The number of halogens is 2. The van der Waals surface area contributed by atoms with Crippen molar-refractivity contribution in [1.82, 2.24) is 9.97 Å². The molecule has 0 aliphatic rings. The number of anilines is 2. The molecule has 2 heterocycles. The van der Waals surface area contributed by atoms with Crippen LogP contribution in [0.15, 0.2) is 65.7 Å². The Kier molecular flexibility index (Phi) is 3.63. The molecule has 0 bridgehead atoms. The number of hydrogen-bond donors (Lipinski definition) is 1. The summed E-state index contributed by atoms with van der Waals surface area (Å²) in [6.07, 6.45) is 4.79. The van der Waals surface area contributed by atoms with Crippen LogP contribution in [-0.4, -0.2) is 9.97 Å². The molecule has 4 nitrogen and oxygen atoms in total. The number of aromatic nitrogens is 2. The van der Waals surface area contributed by atoms with Gasteiger partial charge in [0.2, 0.25) is 0 Å². The van der Waals surface area contributed by atoms with Crippen molar-refractivity contribution in [2.45, 2.75) is 0 Å². The Labute approximate surface area is 141 Å². The molecule has 0 radical (unpaired) electrons. The summed E-state index contributed by atoms with van der Waals surface area (Å²) in [7, 11) is 0. The largest absolute Gasteiger partial charge is 0.472 e. The van der Waals surface area contributed by atoms with E-state index in [9.17, 15) is 4.39 Å². The number of rotatable bonds is 3. The molecular weight excluding hydrogens is 329 g/mol. The average Bonchev–Trinajstić information content (AvgIpc) is 3.13. The van der Waals surface area contributed by atoms with E-state index in [-0.39, 0.29) is 5.02 Å². The highest BCUT2D eigenvalue weighted by Gasteiger charge is 2.08. The van der Waals surface area contributed by atoms with E-state index < -0.39 is 5.82 Å². The topological polar surface area (TPSA) is 51.0 Å². The highest BCUT2D eigenvalue weighted by Crippen LogP contribution is 2.29. The zero-order chi connectivity index (χ0) is 16.5. The molecule has 0 unspecified atom stereocenters. The number of nitrogens with zero attached hydrogens (tertiary/aromatic N) is 2. The molecule has 1 N–H and O–H groups in total. The second-order valence-electron chi connectivity index (χ2n) is 5.22. The van der Waals surface area contributed by atoms with Crippen LogP contribution in [0.25, 0.3) is 22.0 Å². The van der Waals surface area contributed by atoms with Gasteiger partial charge in [-0.25, -0.2) is 14.4 Å². The van der Waals surface area contributed by atoms with Gasteiger partial charge in [-0.05, 0) is 42.0 Å². The van der Waals surface area contributed by atoms with Crippen molar-refractivity contribution in [3.63, 3.8) is 0 Å². The van der Waals surface area contributed by atoms with Crippen molar-refractivity contribution >= 4 is 34.0 Å². The Morgan fingerprint density at radius 3 is 2.71 bits per heavy atom. The van der Waals surface area contributed by atoms with Crippen molar-refractivity contribution < 1.29 is 8.81 Å². The summed E-state index contributed by atoms with van der Waals surface area (Å²) in [6, 6.07) is 12.2. The maximum absolute atomic E-state index is 13.3. The third-order valence-electron chi connectivity index (χ3n) is 3.67. The smallest absolute Gasteiger partial charge is 0.141 e. The molecule has 24 heavy (non-hydrogen) atoms. The predicted molar refractivity (Wildman–Crippen MR) is 91.9 cm³/mol. The SMILES string of the molecule is Fc1ccc(Nc2ncnc3cc(-c4ccoc4)ccc23)cc1Cl. The minimum Gasteiger partial charge on any atom is -0.472 e. The number of benzene rings is 2. The van der Waals surface area contributed by atoms with Crippen molar-refractivity contribution in [1.29, 1.82) is 0 Å². The molecule has 4 rings (SSSR count). The quantitative estimate of drug-likeness (QED) is 0.541. The average molecular weight is 340 g/mol.